The van der Waals surface area contributed by atoms with Gasteiger partial charge in [-0.25, -0.2) is 8.42 Å². The van der Waals surface area contributed by atoms with Crippen LogP contribution < -0.4 is 5.73 Å². The minimum Gasteiger partial charge on any atom is -0.383 e. The summed E-state index contributed by atoms with van der Waals surface area (Å²) in [5, 5.41) is 4.10. The van der Waals surface area contributed by atoms with Gasteiger partial charge in [0, 0.05) is 18.9 Å². The first-order valence-corrected chi connectivity index (χ1v) is 7.70. The molecular formula is C13H17N3O2S. The van der Waals surface area contributed by atoms with Crippen LogP contribution in [0.1, 0.15) is 11.1 Å². The van der Waals surface area contributed by atoms with E-state index in [2.05, 4.69) is 5.10 Å². The second kappa shape index (κ2) is 4.38. The Morgan fingerprint density at radius 1 is 1.21 bits per heavy atom. The van der Waals surface area contributed by atoms with Crippen molar-refractivity contribution in [3.63, 3.8) is 0 Å². The highest BCUT2D eigenvalue weighted by Crippen LogP contribution is 2.32. The van der Waals surface area contributed by atoms with E-state index >= 15 is 0 Å². The van der Waals surface area contributed by atoms with Crippen molar-refractivity contribution in [1.82, 2.24) is 9.78 Å². The van der Waals surface area contributed by atoms with Crippen LogP contribution in [0.5, 0.6) is 0 Å². The number of rotatable bonds is 2. The highest BCUT2D eigenvalue weighted by atomic mass is 32.2. The third kappa shape index (κ3) is 2.35. The van der Waals surface area contributed by atoms with Crippen LogP contribution in [-0.4, -0.2) is 24.5 Å². The van der Waals surface area contributed by atoms with Crippen LogP contribution in [0.15, 0.2) is 23.2 Å². The Morgan fingerprint density at radius 2 is 1.84 bits per heavy atom. The summed E-state index contributed by atoms with van der Waals surface area (Å²) in [6.07, 6.45) is 2.86. The van der Waals surface area contributed by atoms with Crippen LogP contribution in [0.4, 0.5) is 5.82 Å². The van der Waals surface area contributed by atoms with Crippen molar-refractivity contribution in [3.8, 4) is 11.1 Å². The number of sulfone groups is 1. The van der Waals surface area contributed by atoms with Gasteiger partial charge in [-0.3, -0.25) is 4.68 Å². The van der Waals surface area contributed by atoms with E-state index in [4.69, 9.17) is 5.73 Å². The molecule has 0 fully saturated rings. The lowest BCUT2D eigenvalue weighted by Gasteiger charge is -2.11. The smallest absolute Gasteiger partial charge is 0.175 e. The van der Waals surface area contributed by atoms with Gasteiger partial charge in [-0.05, 0) is 42.7 Å². The van der Waals surface area contributed by atoms with E-state index in [0.717, 1.165) is 22.3 Å². The van der Waals surface area contributed by atoms with Gasteiger partial charge >= 0.3 is 0 Å². The Morgan fingerprint density at radius 3 is 2.32 bits per heavy atom. The van der Waals surface area contributed by atoms with E-state index in [1.165, 1.54) is 6.26 Å². The molecule has 19 heavy (non-hydrogen) atoms. The predicted octanol–water partition coefficient (Wildman–Crippen LogP) is 1.69. The number of hydrogen-bond donors (Lipinski definition) is 1. The van der Waals surface area contributed by atoms with E-state index in [1.54, 1.807) is 30.1 Å². The number of aromatic nitrogens is 2. The largest absolute Gasteiger partial charge is 0.383 e. The quantitative estimate of drug-likeness (QED) is 0.907. The zero-order valence-electron chi connectivity index (χ0n) is 11.4. The maximum atomic E-state index is 11.7. The fraction of sp³-hybridized carbons (Fsp3) is 0.308. The van der Waals surface area contributed by atoms with E-state index < -0.39 is 9.84 Å². The fourth-order valence-electron chi connectivity index (χ4n) is 1.97. The van der Waals surface area contributed by atoms with Gasteiger partial charge in [0.25, 0.3) is 0 Å². The molecule has 6 heteroatoms. The first-order valence-electron chi connectivity index (χ1n) is 5.81. The number of anilines is 1. The summed E-state index contributed by atoms with van der Waals surface area (Å²) < 4.78 is 25.0. The number of hydrogen-bond acceptors (Lipinski definition) is 4. The first kappa shape index (κ1) is 13.6. The second-order valence-corrected chi connectivity index (χ2v) is 6.77. The van der Waals surface area contributed by atoms with Gasteiger partial charge in [0.2, 0.25) is 0 Å². The lowest BCUT2D eigenvalue weighted by molar-refractivity contribution is 0.602. The highest BCUT2D eigenvalue weighted by Gasteiger charge is 2.16. The molecule has 1 aromatic carbocycles. The molecule has 1 aromatic heterocycles. The van der Waals surface area contributed by atoms with Gasteiger partial charge in [-0.2, -0.15) is 5.10 Å². The summed E-state index contributed by atoms with van der Waals surface area (Å²) in [6.45, 7) is 3.84. The van der Waals surface area contributed by atoms with Gasteiger partial charge in [0.1, 0.15) is 5.82 Å². The second-order valence-electron chi connectivity index (χ2n) is 4.75. The van der Waals surface area contributed by atoms with Crippen LogP contribution in [-0.2, 0) is 16.9 Å². The summed E-state index contributed by atoms with van der Waals surface area (Å²) in [5.74, 6) is 0.521. The zero-order chi connectivity index (χ0) is 14.4. The third-order valence-electron chi connectivity index (χ3n) is 3.34. The standard InChI is InChI=1S/C13H17N3O2S/c1-8-5-10(19(4,17)18)6-11(9(8)2)12-7-15-16(3)13(12)14/h5-7H,14H2,1-4H3. The van der Waals surface area contributed by atoms with E-state index in [0.29, 0.717) is 10.7 Å². The van der Waals surface area contributed by atoms with Crippen molar-refractivity contribution in [3.05, 3.63) is 29.5 Å². The van der Waals surface area contributed by atoms with E-state index in [-0.39, 0.29) is 0 Å². The summed E-state index contributed by atoms with van der Waals surface area (Å²) in [6, 6.07) is 3.34. The van der Waals surface area contributed by atoms with Crippen LogP contribution >= 0.6 is 0 Å². The number of aryl methyl sites for hydroxylation is 2. The average Bonchev–Trinajstić information content (AvgIpc) is 2.62. The molecule has 2 rings (SSSR count). The van der Waals surface area contributed by atoms with Crippen molar-refractivity contribution in [1.29, 1.82) is 0 Å². The molecule has 0 amide bonds. The molecule has 0 aliphatic carbocycles. The van der Waals surface area contributed by atoms with Crippen LogP contribution in [0.3, 0.4) is 0 Å². The van der Waals surface area contributed by atoms with Crippen LogP contribution in [0.25, 0.3) is 11.1 Å². The maximum Gasteiger partial charge on any atom is 0.175 e. The third-order valence-corrected chi connectivity index (χ3v) is 4.44. The number of nitrogens with zero attached hydrogens (tertiary/aromatic N) is 2. The SMILES string of the molecule is Cc1cc(S(C)(=O)=O)cc(-c2cnn(C)c2N)c1C. The monoisotopic (exact) mass is 279 g/mol. The van der Waals surface area contributed by atoms with Crippen LogP contribution in [0.2, 0.25) is 0 Å². The van der Waals surface area contributed by atoms with Crippen LogP contribution in [0, 0.1) is 13.8 Å². The molecule has 0 spiro atoms. The normalized spacial score (nSPS) is 11.8. The molecule has 1 heterocycles. The summed E-state index contributed by atoms with van der Waals surface area (Å²) in [4.78, 5) is 0.300. The van der Waals surface area contributed by atoms with E-state index in [9.17, 15) is 8.42 Å². The number of nitrogen functional groups attached to an aromatic ring is 1. The molecule has 0 aliphatic rings. The molecule has 0 saturated heterocycles. The fourth-order valence-corrected chi connectivity index (χ4v) is 2.70. The molecule has 2 aromatic rings. The molecule has 0 saturated carbocycles. The Labute approximate surface area is 113 Å². The van der Waals surface area contributed by atoms with E-state index in [1.807, 2.05) is 13.8 Å². The molecule has 102 valence electrons. The summed E-state index contributed by atoms with van der Waals surface area (Å²) in [5.41, 5.74) is 9.46. The maximum absolute atomic E-state index is 11.7. The van der Waals surface area contributed by atoms with Gasteiger partial charge < -0.3 is 5.73 Å². The predicted molar refractivity (Wildman–Crippen MR) is 75.6 cm³/mol. The van der Waals surface area contributed by atoms with Gasteiger partial charge in [-0.1, -0.05) is 0 Å². The lowest BCUT2D eigenvalue weighted by atomic mass is 9.99. The molecule has 0 bridgehead atoms. The van der Waals surface area contributed by atoms with Crippen molar-refractivity contribution >= 4 is 15.7 Å². The summed E-state index contributed by atoms with van der Waals surface area (Å²) in [7, 11) is -1.50. The Hall–Kier alpha value is -1.82. The molecule has 5 nitrogen and oxygen atoms in total. The molecule has 0 atom stereocenters. The number of benzene rings is 1. The van der Waals surface area contributed by atoms with Gasteiger partial charge in [-0.15, -0.1) is 0 Å². The minimum atomic E-state index is -3.25. The van der Waals surface area contributed by atoms with Crippen molar-refractivity contribution in [2.24, 2.45) is 7.05 Å². The molecular weight excluding hydrogens is 262 g/mol. The van der Waals surface area contributed by atoms with Crippen molar-refractivity contribution in [2.75, 3.05) is 12.0 Å². The Bertz CT molecular complexity index is 745. The Kier molecular flexibility index (Phi) is 3.14. The van der Waals surface area contributed by atoms with Crippen molar-refractivity contribution < 1.29 is 8.42 Å². The molecule has 0 unspecified atom stereocenters. The first-order chi connectivity index (χ1) is 8.71. The Balaban J connectivity index is 2.77. The molecule has 0 aliphatic heterocycles. The van der Waals surface area contributed by atoms with Gasteiger partial charge in [0.05, 0.1) is 11.1 Å². The molecule has 0 radical (unpaired) electrons. The summed E-state index contributed by atoms with van der Waals surface area (Å²) >= 11 is 0. The van der Waals surface area contributed by atoms with Gasteiger partial charge in [0.15, 0.2) is 9.84 Å². The topological polar surface area (TPSA) is 78.0 Å². The van der Waals surface area contributed by atoms with Crippen molar-refractivity contribution in [2.45, 2.75) is 18.7 Å². The number of nitrogens with two attached hydrogens (primary N) is 1. The average molecular weight is 279 g/mol. The highest BCUT2D eigenvalue weighted by molar-refractivity contribution is 7.90. The molecule has 2 N–H and O–H groups in total. The lowest BCUT2D eigenvalue weighted by Crippen LogP contribution is -2.02. The minimum absolute atomic E-state index is 0.300. The zero-order valence-corrected chi connectivity index (χ0v) is 12.2.